The first kappa shape index (κ1) is 19.0. The fraction of sp³-hybridized carbons (Fsp3) is 0.364. The highest BCUT2D eigenvalue weighted by Gasteiger charge is 2.35. The fourth-order valence-corrected chi connectivity index (χ4v) is 4.25. The van der Waals surface area contributed by atoms with E-state index in [0.29, 0.717) is 36.1 Å². The van der Waals surface area contributed by atoms with Crippen LogP contribution in [-0.2, 0) is 17.8 Å². The van der Waals surface area contributed by atoms with E-state index < -0.39 is 6.04 Å². The van der Waals surface area contributed by atoms with E-state index in [0.717, 1.165) is 30.5 Å². The number of carbonyl (C=O) groups is 2. The van der Waals surface area contributed by atoms with Crippen molar-refractivity contribution in [2.45, 2.75) is 37.9 Å². The zero-order valence-corrected chi connectivity index (χ0v) is 16.4. The average molecular weight is 398 g/mol. The minimum Gasteiger partial charge on any atom is -0.353 e. The van der Waals surface area contributed by atoms with Crippen molar-refractivity contribution in [3.8, 4) is 0 Å². The van der Waals surface area contributed by atoms with Crippen molar-refractivity contribution in [1.29, 1.82) is 0 Å². The molecule has 1 fully saturated rings. The van der Waals surface area contributed by atoms with Gasteiger partial charge in [0.25, 0.3) is 5.91 Å². The maximum Gasteiger partial charge on any atom is 0.256 e. The number of hydrogen-bond donors (Lipinski definition) is 2. The molecule has 0 bridgehead atoms. The van der Waals surface area contributed by atoms with Crippen molar-refractivity contribution in [3.05, 3.63) is 70.2 Å². The van der Waals surface area contributed by atoms with E-state index in [9.17, 15) is 9.59 Å². The molecular weight excluding hydrogens is 374 g/mol. The lowest BCUT2D eigenvalue weighted by Gasteiger charge is -2.36. The summed E-state index contributed by atoms with van der Waals surface area (Å²) in [6.45, 7) is 1.99. The molecule has 2 aromatic rings. The molecule has 4 rings (SSSR count). The summed E-state index contributed by atoms with van der Waals surface area (Å²) in [6.07, 6.45) is 2.71. The molecule has 6 heteroatoms. The maximum atomic E-state index is 13.3. The fourth-order valence-electron chi connectivity index (χ4n) is 4.03. The Morgan fingerprint density at radius 1 is 1.11 bits per heavy atom. The van der Waals surface area contributed by atoms with Gasteiger partial charge in [0.1, 0.15) is 6.04 Å². The molecule has 2 aliphatic rings. The second-order valence-corrected chi connectivity index (χ2v) is 7.85. The maximum absolute atomic E-state index is 13.3. The van der Waals surface area contributed by atoms with Crippen LogP contribution in [0.3, 0.4) is 0 Å². The van der Waals surface area contributed by atoms with E-state index in [2.05, 4.69) is 10.6 Å². The van der Waals surface area contributed by atoms with Gasteiger partial charge in [0.15, 0.2) is 0 Å². The SMILES string of the molecule is O=C(NCC1CCCN1)C1Cc2ccccc2CN1C(=O)c1ccccc1Cl. The summed E-state index contributed by atoms with van der Waals surface area (Å²) in [4.78, 5) is 27.9. The third kappa shape index (κ3) is 3.91. The molecule has 146 valence electrons. The number of nitrogens with zero attached hydrogens (tertiary/aromatic N) is 1. The summed E-state index contributed by atoms with van der Waals surface area (Å²) < 4.78 is 0. The zero-order chi connectivity index (χ0) is 19.5. The summed E-state index contributed by atoms with van der Waals surface area (Å²) in [5, 5.41) is 6.84. The minimum atomic E-state index is -0.542. The van der Waals surface area contributed by atoms with E-state index in [-0.39, 0.29) is 11.8 Å². The number of benzene rings is 2. The van der Waals surface area contributed by atoms with Crippen LogP contribution in [0.4, 0.5) is 0 Å². The average Bonchev–Trinajstić information content (AvgIpc) is 3.24. The van der Waals surface area contributed by atoms with Crippen LogP contribution in [0, 0.1) is 0 Å². The van der Waals surface area contributed by atoms with Gasteiger partial charge in [0.2, 0.25) is 5.91 Å². The Kier molecular flexibility index (Phi) is 5.64. The van der Waals surface area contributed by atoms with Crippen LogP contribution >= 0.6 is 11.6 Å². The molecular formula is C22H24ClN3O2. The lowest BCUT2D eigenvalue weighted by molar-refractivity contribution is -0.126. The van der Waals surface area contributed by atoms with Gasteiger partial charge in [-0.05, 0) is 42.6 Å². The number of nitrogens with one attached hydrogen (secondary N) is 2. The van der Waals surface area contributed by atoms with Crippen molar-refractivity contribution in [2.75, 3.05) is 13.1 Å². The molecule has 2 unspecified atom stereocenters. The van der Waals surface area contributed by atoms with Gasteiger partial charge in [0.05, 0.1) is 10.6 Å². The highest BCUT2D eigenvalue weighted by molar-refractivity contribution is 6.33. The van der Waals surface area contributed by atoms with Crippen molar-refractivity contribution < 1.29 is 9.59 Å². The van der Waals surface area contributed by atoms with E-state index in [1.807, 2.05) is 24.3 Å². The molecule has 0 aliphatic carbocycles. The number of fused-ring (bicyclic) bond motifs is 1. The van der Waals surface area contributed by atoms with Gasteiger partial charge in [0, 0.05) is 25.6 Å². The van der Waals surface area contributed by atoms with E-state index in [1.54, 1.807) is 29.2 Å². The number of hydrogen-bond acceptors (Lipinski definition) is 3. The normalized spacial score (nSPS) is 21.2. The standard InChI is InChI=1S/C22H24ClN3O2/c23-19-10-4-3-9-18(19)22(28)26-14-16-7-2-1-6-15(16)12-20(26)21(27)25-13-17-8-5-11-24-17/h1-4,6-7,9-10,17,20,24H,5,8,11-14H2,(H,25,27). The smallest absolute Gasteiger partial charge is 0.256 e. The van der Waals surface area contributed by atoms with E-state index in [1.165, 1.54) is 0 Å². The molecule has 2 heterocycles. The lowest BCUT2D eigenvalue weighted by Crippen LogP contribution is -2.54. The highest BCUT2D eigenvalue weighted by Crippen LogP contribution is 2.27. The first-order valence-electron chi connectivity index (χ1n) is 9.77. The van der Waals surface area contributed by atoms with Gasteiger partial charge in [-0.25, -0.2) is 0 Å². The number of amides is 2. The number of carbonyl (C=O) groups excluding carboxylic acids is 2. The van der Waals surface area contributed by atoms with Gasteiger partial charge in [-0.2, -0.15) is 0 Å². The Morgan fingerprint density at radius 3 is 2.61 bits per heavy atom. The number of rotatable bonds is 4. The first-order valence-corrected chi connectivity index (χ1v) is 10.1. The summed E-state index contributed by atoms with van der Waals surface area (Å²) in [6, 6.07) is 14.7. The monoisotopic (exact) mass is 397 g/mol. The largest absolute Gasteiger partial charge is 0.353 e. The first-order chi connectivity index (χ1) is 13.6. The predicted molar refractivity (Wildman–Crippen MR) is 109 cm³/mol. The predicted octanol–water partition coefficient (Wildman–Crippen LogP) is 2.78. The second kappa shape index (κ2) is 8.33. The zero-order valence-electron chi connectivity index (χ0n) is 15.7. The molecule has 2 aromatic carbocycles. The van der Waals surface area contributed by atoms with Crippen LogP contribution in [0.5, 0.6) is 0 Å². The summed E-state index contributed by atoms with van der Waals surface area (Å²) in [5.74, 6) is -0.317. The molecule has 0 radical (unpaired) electrons. The molecule has 5 nitrogen and oxygen atoms in total. The Balaban J connectivity index is 1.58. The molecule has 28 heavy (non-hydrogen) atoms. The molecule has 0 saturated carbocycles. The number of halogens is 1. The van der Waals surface area contributed by atoms with Crippen LogP contribution in [0.2, 0.25) is 5.02 Å². The Hall–Kier alpha value is -2.37. The third-order valence-corrected chi connectivity index (χ3v) is 5.93. The van der Waals surface area contributed by atoms with Gasteiger partial charge >= 0.3 is 0 Å². The second-order valence-electron chi connectivity index (χ2n) is 7.44. The molecule has 2 N–H and O–H groups in total. The minimum absolute atomic E-state index is 0.108. The van der Waals surface area contributed by atoms with Crippen LogP contribution < -0.4 is 10.6 Å². The van der Waals surface area contributed by atoms with Crippen LogP contribution in [0.15, 0.2) is 48.5 Å². The molecule has 2 aliphatic heterocycles. The summed E-state index contributed by atoms with van der Waals surface area (Å²) in [7, 11) is 0. The molecule has 1 saturated heterocycles. The molecule has 2 amide bonds. The lowest BCUT2D eigenvalue weighted by atomic mass is 9.92. The van der Waals surface area contributed by atoms with Crippen LogP contribution in [0.25, 0.3) is 0 Å². The molecule has 0 aromatic heterocycles. The Bertz CT molecular complexity index is 880. The van der Waals surface area contributed by atoms with Crippen LogP contribution in [0.1, 0.15) is 34.3 Å². The van der Waals surface area contributed by atoms with Crippen molar-refractivity contribution in [2.24, 2.45) is 0 Å². The highest BCUT2D eigenvalue weighted by atomic mass is 35.5. The van der Waals surface area contributed by atoms with Gasteiger partial charge in [-0.3, -0.25) is 9.59 Å². The quantitative estimate of drug-likeness (QED) is 0.833. The van der Waals surface area contributed by atoms with Crippen molar-refractivity contribution in [3.63, 3.8) is 0 Å². The van der Waals surface area contributed by atoms with Crippen LogP contribution in [-0.4, -0.2) is 41.9 Å². The third-order valence-electron chi connectivity index (χ3n) is 5.60. The van der Waals surface area contributed by atoms with E-state index >= 15 is 0 Å². The molecule has 0 spiro atoms. The topological polar surface area (TPSA) is 61.4 Å². The molecule has 2 atom stereocenters. The van der Waals surface area contributed by atoms with Gasteiger partial charge < -0.3 is 15.5 Å². The van der Waals surface area contributed by atoms with Crippen molar-refractivity contribution in [1.82, 2.24) is 15.5 Å². The summed E-state index contributed by atoms with van der Waals surface area (Å²) in [5.41, 5.74) is 2.62. The van der Waals surface area contributed by atoms with E-state index in [4.69, 9.17) is 11.6 Å². The van der Waals surface area contributed by atoms with Crippen molar-refractivity contribution >= 4 is 23.4 Å². The van der Waals surface area contributed by atoms with Gasteiger partial charge in [-0.1, -0.05) is 48.0 Å². The summed E-state index contributed by atoms with van der Waals surface area (Å²) >= 11 is 6.26. The van der Waals surface area contributed by atoms with Gasteiger partial charge in [-0.15, -0.1) is 0 Å². The Morgan fingerprint density at radius 2 is 1.86 bits per heavy atom. The Labute approximate surface area is 170 Å².